The molecule has 0 amide bonds. The van der Waals surface area contributed by atoms with Crippen LogP contribution in [-0.2, 0) is 10.0 Å². The van der Waals surface area contributed by atoms with E-state index in [-0.39, 0.29) is 4.90 Å². The zero-order valence-corrected chi connectivity index (χ0v) is 11.0. The van der Waals surface area contributed by atoms with Crippen molar-refractivity contribution in [2.45, 2.75) is 11.8 Å². The summed E-state index contributed by atoms with van der Waals surface area (Å²) in [5, 5.41) is 0. The van der Waals surface area contributed by atoms with Crippen LogP contribution in [0.3, 0.4) is 0 Å². The van der Waals surface area contributed by atoms with Gasteiger partial charge in [0.1, 0.15) is 5.82 Å². The van der Waals surface area contributed by atoms with Crippen LogP contribution in [0.4, 0.5) is 15.8 Å². The number of benzene rings is 2. The molecule has 0 spiro atoms. The smallest absolute Gasteiger partial charge is 0.262 e. The topological polar surface area (TPSA) is 72.2 Å². The van der Waals surface area contributed by atoms with Crippen molar-refractivity contribution in [3.63, 3.8) is 0 Å². The van der Waals surface area contributed by atoms with Crippen LogP contribution >= 0.6 is 0 Å². The molecule has 0 bridgehead atoms. The Hall–Kier alpha value is -2.08. The zero-order chi connectivity index (χ0) is 14.0. The van der Waals surface area contributed by atoms with Gasteiger partial charge >= 0.3 is 0 Å². The lowest BCUT2D eigenvalue weighted by molar-refractivity contribution is 0.595. The molecule has 2 aromatic rings. The summed E-state index contributed by atoms with van der Waals surface area (Å²) in [6, 6.07) is 9.74. The second-order valence-corrected chi connectivity index (χ2v) is 5.77. The fourth-order valence-corrected chi connectivity index (χ4v) is 2.76. The number of hydrogen-bond donors (Lipinski definition) is 2. The van der Waals surface area contributed by atoms with Crippen molar-refractivity contribution >= 4 is 21.4 Å². The molecule has 0 unspecified atom stereocenters. The lowest BCUT2D eigenvalue weighted by atomic mass is 10.2. The van der Waals surface area contributed by atoms with E-state index in [0.29, 0.717) is 16.9 Å². The largest absolute Gasteiger partial charge is 0.398 e. The maximum absolute atomic E-state index is 13.1. The molecule has 0 saturated carbocycles. The van der Waals surface area contributed by atoms with E-state index in [1.54, 1.807) is 25.1 Å². The van der Waals surface area contributed by atoms with Gasteiger partial charge in [0.05, 0.1) is 10.6 Å². The van der Waals surface area contributed by atoms with Gasteiger partial charge in [-0.25, -0.2) is 12.8 Å². The fraction of sp³-hybridized carbons (Fsp3) is 0.0769. The Morgan fingerprint density at radius 3 is 2.53 bits per heavy atom. The highest BCUT2D eigenvalue weighted by molar-refractivity contribution is 7.92. The van der Waals surface area contributed by atoms with Crippen molar-refractivity contribution in [2.24, 2.45) is 0 Å². The van der Waals surface area contributed by atoms with Crippen molar-refractivity contribution in [3.05, 3.63) is 53.8 Å². The summed E-state index contributed by atoms with van der Waals surface area (Å²) < 4.78 is 39.7. The third kappa shape index (κ3) is 2.85. The van der Waals surface area contributed by atoms with E-state index >= 15 is 0 Å². The number of nitrogens with two attached hydrogens (primary N) is 1. The first-order chi connectivity index (χ1) is 8.90. The van der Waals surface area contributed by atoms with E-state index in [0.717, 1.165) is 6.07 Å². The summed E-state index contributed by atoms with van der Waals surface area (Å²) >= 11 is 0. The van der Waals surface area contributed by atoms with Crippen LogP contribution < -0.4 is 10.5 Å². The highest BCUT2D eigenvalue weighted by Crippen LogP contribution is 2.23. The Kier molecular flexibility index (Phi) is 3.44. The van der Waals surface area contributed by atoms with Crippen molar-refractivity contribution < 1.29 is 12.8 Å². The van der Waals surface area contributed by atoms with Crippen LogP contribution in [0.15, 0.2) is 47.4 Å². The van der Waals surface area contributed by atoms with Crippen LogP contribution in [0, 0.1) is 12.7 Å². The van der Waals surface area contributed by atoms with Gasteiger partial charge in [0, 0.05) is 5.69 Å². The monoisotopic (exact) mass is 280 g/mol. The van der Waals surface area contributed by atoms with Gasteiger partial charge in [0.2, 0.25) is 0 Å². The van der Waals surface area contributed by atoms with Gasteiger partial charge in [0.15, 0.2) is 0 Å². The Bertz CT molecular complexity index is 714. The van der Waals surface area contributed by atoms with Crippen LogP contribution in [0.25, 0.3) is 0 Å². The Labute approximate surface area is 111 Å². The van der Waals surface area contributed by atoms with Gasteiger partial charge < -0.3 is 5.73 Å². The zero-order valence-electron chi connectivity index (χ0n) is 10.2. The summed E-state index contributed by atoms with van der Waals surface area (Å²) in [4.78, 5) is -0.130. The van der Waals surface area contributed by atoms with Crippen LogP contribution in [0.5, 0.6) is 0 Å². The Morgan fingerprint density at radius 2 is 1.84 bits per heavy atom. The summed E-state index contributed by atoms with van der Waals surface area (Å²) in [7, 11) is -3.82. The van der Waals surface area contributed by atoms with Gasteiger partial charge in [-0.2, -0.15) is 0 Å². The number of anilines is 2. The minimum absolute atomic E-state index is 0.130. The molecule has 0 saturated heterocycles. The van der Waals surface area contributed by atoms with Crippen molar-refractivity contribution in [1.29, 1.82) is 0 Å². The second kappa shape index (κ2) is 4.89. The molecule has 4 nitrogen and oxygen atoms in total. The van der Waals surface area contributed by atoms with Crippen LogP contribution in [0.1, 0.15) is 5.56 Å². The second-order valence-electron chi connectivity index (χ2n) is 4.08. The Morgan fingerprint density at radius 1 is 1.16 bits per heavy atom. The molecule has 0 aliphatic heterocycles. The highest BCUT2D eigenvalue weighted by Gasteiger charge is 2.16. The number of sulfonamides is 1. The van der Waals surface area contributed by atoms with Gasteiger partial charge in [0.25, 0.3) is 10.0 Å². The van der Waals surface area contributed by atoms with Crippen molar-refractivity contribution in [2.75, 3.05) is 10.5 Å². The van der Waals surface area contributed by atoms with Crippen LogP contribution in [0.2, 0.25) is 0 Å². The van der Waals surface area contributed by atoms with Gasteiger partial charge in [-0.3, -0.25) is 4.72 Å². The maximum Gasteiger partial charge on any atom is 0.262 e. The number of nitrogen functional groups attached to an aromatic ring is 1. The first kappa shape index (κ1) is 13.4. The number of halogens is 1. The fourth-order valence-electron chi connectivity index (χ4n) is 1.60. The molecular formula is C13H13FN2O2S. The average Bonchev–Trinajstić information content (AvgIpc) is 2.35. The lowest BCUT2D eigenvalue weighted by Gasteiger charge is -2.11. The highest BCUT2D eigenvalue weighted by atomic mass is 32.2. The summed E-state index contributed by atoms with van der Waals surface area (Å²) in [5.41, 5.74) is 7.20. The van der Waals surface area contributed by atoms with E-state index in [1.807, 2.05) is 0 Å². The molecule has 2 rings (SSSR count). The molecule has 0 atom stereocenters. The summed E-state index contributed by atoms with van der Waals surface area (Å²) in [5.74, 6) is -0.604. The molecule has 0 aliphatic carbocycles. The third-order valence-electron chi connectivity index (χ3n) is 2.73. The van der Waals surface area contributed by atoms with Gasteiger partial charge in [-0.05, 0) is 42.8 Å². The molecule has 6 heteroatoms. The summed E-state index contributed by atoms with van der Waals surface area (Å²) in [6.07, 6.45) is 0. The third-order valence-corrected chi connectivity index (χ3v) is 4.09. The molecule has 0 radical (unpaired) electrons. The molecule has 19 heavy (non-hydrogen) atoms. The van der Waals surface area contributed by atoms with E-state index in [1.165, 1.54) is 18.2 Å². The van der Waals surface area contributed by atoms with Gasteiger partial charge in [-0.15, -0.1) is 0 Å². The molecule has 0 aromatic heterocycles. The molecular weight excluding hydrogens is 267 g/mol. The predicted octanol–water partition coefficient (Wildman–Crippen LogP) is 2.52. The van der Waals surface area contributed by atoms with E-state index < -0.39 is 15.8 Å². The SMILES string of the molecule is Cc1c(N)cccc1NS(=O)(=O)c1cccc(F)c1. The van der Waals surface area contributed by atoms with E-state index in [9.17, 15) is 12.8 Å². The Balaban J connectivity index is 2.39. The first-order valence-electron chi connectivity index (χ1n) is 5.53. The lowest BCUT2D eigenvalue weighted by Crippen LogP contribution is -2.14. The van der Waals surface area contributed by atoms with E-state index in [4.69, 9.17) is 5.73 Å². The number of nitrogens with one attached hydrogen (secondary N) is 1. The van der Waals surface area contributed by atoms with Crippen LogP contribution in [-0.4, -0.2) is 8.42 Å². The minimum atomic E-state index is -3.82. The van der Waals surface area contributed by atoms with Gasteiger partial charge in [-0.1, -0.05) is 12.1 Å². The minimum Gasteiger partial charge on any atom is -0.398 e. The maximum atomic E-state index is 13.1. The molecule has 0 heterocycles. The molecule has 0 aliphatic rings. The summed E-state index contributed by atoms with van der Waals surface area (Å²) in [6.45, 7) is 1.71. The molecule has 2 aromatic carbocycles. The quantitative estimate of drug-likeness (QED) is 0.848. The molecule has 100 valence electrons. The van der Waals surface area contributed by atoms with Crippen molar-refractivity contribution in [3.8, 4) is 0 Å². The number of hydrogen-bond acceptors (Lipinski definition) is 3. The molecule has 0 fully saturated rings. The van der Waals surface area contributed by atoms with E-state index in [2.05, 4.69) is 4.72 Å². The predicted molar refractivity (Wildman–Crippen MR) is 72.8 cm³/mol. The number of rotatable bonds is 3. The first-order valence-corrected chi connectivity index (χ1v) is 7.02. The average molecular weight is 280 g/mol. The normalized spacial score (nSPS) is 11.3. The standard InChI is InChI=1S/C13H13FN2O2S/c1-9-12(15)6-3-7-13(9)16-19(17,18)11-5-2-4-10(14)8-11/h2-8,16H,15H2,1H3. The van der Waals surface area contributed by atoms with Crippen molar-refractivity contribution in [1.82, 2.24) is 0 Å². The molecule has 3 N–H and O–H groups in total.